The van der Waals surface area contributed by atoms with E-state index in [4.69, 9.17) is 0 Å². The summed E-state index contributed by atoms with van der Waals surface area (Å²) in [6.45, 7) is 2.92. The van der Waals surface area contributed by atoms with Crippen LogP contribution in [0.25, 0.3) is 10.9 Å². The van der Waals surface area contributed by atoms with Gasteiger partial charge in [0, 0.05) is 23.5 Å². The van der Waals surface area contributed by atoms with E-state index >= 15 is 0 Å². The fraction of sp³-hybridized carbons (Fsp3) is 0.353. The lowest BCUT2D eigenvalue weighted by molar-refractivity contribution is -0.398. The van der Waals surface area contributed by atoms with Gasteiger partial charge in [-0.15, -0.1) is 0 Å². The number of carboxylic acids is 1. The van der Waals surface area contributed by atoms with E-state index in [1.807, 2.05) is 24.3 Å². The summed E-state index contributed by atoms with van der Waals surface area (Å²) in [7, 11) is 0. The van der Waals surface area contributed by atoms with Gasteiger partial charge in [-0.3, -0.25) is 9.59 Å². The van der Waals surface area contributed by atoms with Crippen molar-refractivity contribution in [3.63, 3.8) is 0 Å². The van der Waals surface area contributed by atoms with Crippen LogP contribution >= 0.6 is 0 Å². The van der Waals surface area contributed by atoms with Gasteiger partial charge in [-0.1, -0.05) is 18.2 Å². The van der Waals surface area contributed by atoms with Crippen molar-refractivity contribution in [1.29, 1.82) is 0 Å². The molecule has 0 bridgehead atoms. The highest BCUT2D eigenvalue weighted by Gasteiger charge is 2.25. The number of benzene rings is 1. The van der Waals surface area contributed by atoms with Gasteiger partial charge in [0.15, 0.2) is 6.04 Å². The molecule has 1 aromatic carbocycles. The van der Waals surface area contributed by atoms with Crippen LogP contribution in [0, 0.1) is 0 Å². The van der Waals surface area contributed by atoms with Gasteiger partial charge in [-0.05, 0) is 25.5 Å². The van der Waals surface area contributed by atoms with Crippen LogP contribution in [0.4, 0.5) is 0 Å². The molecule has 0 aliphatic carbocycles. The van der Waals surface area contributed by atoms with Crippen molar-refractivity contribution in [3.8, 4) is 0 Å². The highest BCUT2D eigenvalue weighted by Crippen LogP contribution is 2.19. The summed E-state index contributed by atoms with van der Waals surface area (Å²) in [6.07, 6.45) is 1.99. The van der Waals surface area contributed by atoms with Gasteiger partial charge >= 0.3 is 0 Å². The van der Waals surface area contributed by atoms with Gasteiger partial charge in [-0.2, -0.15) is 0 Å². The molecule has 2 amide bonds. The summed E-state index contributed by atoms with van der Waals surface area (Å²) in [5.74, 6) is -2.37. The second kappa shape index (κ2) is 7.80. The molecule has 0 saturated heterocycles. The summed E-state index contributed by atoms with van der Waals surface area (Å²) < 4.78 is 0. The molecular formula is C17H22N4O4. The number of hydrogen-bond donors (Lipinski definition) is 4. The Morgan fingerprint density at radius 3 is 2.48 bits per heavy atom. The minimum atomic E-state index is -1.39. The number of carbonyl (C=O) groups is 3. The number of amides is 2. The monoisotopic (exact) mass is 346 g/mol. The molecule has 0 saturated carbocycles. The third kappa shape index (κ3) is 4.57. The van der Waals surface area contributed by atoms with E-state index in [-0.39, 0.29) is 12.3 Å². The molecule has 0 unspecified atom stereocenters. The molecule has 0 fully saturated rings. The van der Waals surface area contributed by atoms with E-state index in [1.54, 1.807) is 13.1 Å². The zero-order valence-corrected chi connectivity index (χ0v) is 14.2. The van der Waals surface area contributed by atoms with Crippen LogP contribution in [0.5, 0.6) is 0 Å². The SMILES string of the molecule is C[C@H]([NH3+])C(=O)N[C@@H](Cc1c[nH]c2ccccc12)C(=O)N[C@@H](C)C(=O)[O-]. The molecule has 134 valence electrons. The number of aliphatic carboxylic acids is 1. The maximum atomic E-state index is 12.4. The smallest absolute Gasteiger partial charge is 0.278 e. The largest absolute Gasteiger partial charge is 0.548 e. The van der Waals surface area contributed by atoms with Gasteiger partial charge in [-0.25, -0.2) is 0 Å². The number of aromatic amines is 1. The predicted octanol–water partition coefficient (Wildman–Crippen LogP) is -1.92. The van der Waals surface area contributed by atoms with Crippen molar-refractivity contribution < 1.29 is 25.2 Å². The molecule has 25 heavy (non-hydrogen) atoms. The van der Waals surface area contributed by atoms with Crippen LogP contribution in [0.15, 0.2) is 30.5 Å². The Morgan fingerprint density at radius 1 is 1.16 bits per heavy atom. The van der Waals surface area contributed by atoms with Crippen LogP contribution in [-0.4, -0.2) is 40.9 Å². The summed E-state index contributed by atoms with van der Waals surface area (Å²) in [4.78, 5) is 38.4. The third-order valence-electron chi connectivity index (χ3n) is 3.89. The molecule has 8 nitrogen and oxygen atoms in total. The fourth-order valence-electron chi connectivity index (χ4n) is 2.42. The Kier molecular flexibility index (Phi) is 5.76. The van der Waals surface area contributed by atoms with Crippen molar-refractivity contribution >= 4 is 28.7 Å². The molecule has 0 aliphatic rings. The highest BCUT2D eigenvalue weighted by molar-refractivity contribution is 5.92. The fourth-order valence-corrected chi connectivity index (χ4v) is 2.42. The third-order valence-corrected chi connectivity index (χ3v) is 3.89. The first-order valence-electron chi connectivity index (χ1n) is 7.99. The van der Waals surface area contributed by atoms with Crippen LogP contribution in [-0.2, 0) is 20.8 Å². The number of H-pyrrole nitrogens is 1. The van der Waals surface area contributed by atoms with E-state index in [2.05, 4.69) is 21.4 Å². The number of aromatic nitrogens is 1. The molecular weight excluding hydrogens is 324 g/mol. The van der Waals surface area contributed by atoms with Gasteiger partial charge in [0.05, 0.1) is 12.0 Å². The average molecular weight is 346 g/mol. The number of para-hydroxylation sites is 1. The molecule has 8 heteroatoms. The van der Waals surface area contributed by atoms with Gasteiger partial charge < -0.3 is 31.3 Å². The number of nitrogens with one attached hydrogen (secondary N) is 3. The Labute approximate surface area is 144 Å². The Balaban J connectivity index is 2.23. The maximum Gasteiger partial charge on any atom is 0.278 e. The van der Waals surface area contributed by atoms with Crippen LogP contribution < -0.4 is 21.5 Å². The first kappa shape index (κ1) is 18.5. The molecule has 1 aromatic heterocycles. The second-order valence-corrected chi connectivity index (χ2v) is 6.08. The zero-order chi connectivity index (χ0) is 18.6. The van der Waals surface area contributed by atoms with Crippen molar-refractivity contribution in [2.75, 3.05) is 0 Å². The minimum absolute atomic E-state index is 0.216. The van der Waals surface area contributed by atoms with Gasteiger partial charge in [0.2, 0.25) is 5.91 Å². The maximum absolute atomic E-state index is 12.4. The number of carboxylic acid groups (broad SMARTS) is 1. The minimum Gasteiger partial charge on any atom is -0.548 e. The Bertz CT molecular complexity index is 784. The summed E-state index contributed by atoms with van der Waals surface area (Å²) >= 11 is 0. The van der Waals surface area contributed by atoms with Crippen LogP contribution in [0.2, 0.25) is 0 Å². The first-order chi connectivity index (χ1) is 11.8. The van der Waals surface area contributed by atoms with Crippen molar-refractivity contribution in [2.24, 2.45) is 0 Å². The Morgan fingerprint density at radius 2 is 1.84 bits per heavy atom. The average Bonchev–Trinajstić information content (AvgIpc) is 2.97. The molecule has 6 N–H and O–H groups in total. The topological polar surface area (TPSA) is 142 Å². The van der Waals surface area contributed by atoms with Crippen molar-refractivity contribution in [2.45, 2.75) is 38.4 Å². The van der Waals surface area contributed by atoms with Crippen molar-refractivity contribution in [1.82, 2.24) is 15.6 Å². The van der Waals surface area contributed by atoms with Crippen LogP contribution in [0.3, 0.4) is 0 Å². The lowest BCUT2D eigenvalue weighted by Gasteiger charge is -2.22. The predicted molar refractivity (Wildman–Crippen MR) is 88.9 cm³/mol. The quantitative estimate of drug-likeness (QED) is 0.463. The summed E-state index contributed by atoms with van der Waals surface area (Å²) in [5, 5.41) is 16.7. The number of fused-ring (bicyclic) bond motifs is 1. The lowest BCUT2D eigenvalue weighted by Crippen LogP contribution is -2.67. The molecule has 0 spiro atoms. The molecule has 3 atom stereocenters. The first-order valence-corrected chi connectivity index (χ1v) is 7.99. The van der Waals surface area contributed by atoms with Crippen molar-refractivity contribution in [3.05, 3.63) is 36.0 Å². The number of carbonyl (C=O) groups excluding carboxylic acids is 3. The van der Waals surface area contributed by atoms with Gasteiger partial charge in [0.25, 0.3) is 5.91 Å². The summed E-state index contributed by atoms with van der Waals surface area (Å²) in [5.41, 5.74) is 5.39. The van der Waals surface area contributed by atoms with E-state index in [0.29, 0.717) is 0 Å². The second-order valence-electron chi connectivity index (χ2n) is 6.08. The molecule has 2 aromatic rings. The summed E-state index contributed by atoms with van der Waals surface area (Å²) in [6, 6.07) is 4.96. The van der Waals surface area contributed by atoms with E-state index in [9.17, 15) is 19.5 Å². The van der Waals surface area contributed by atoms with E-state index < -0.39 is 30.0 Å². The molecule has 0 radical (unpaired) electrons. The van der Waals surface area contributed by atoms with E-state index in [1.165, 1.54) is 6.92 Å². The molecule has 1 heterocycles. The number of hydrogen-bond acceptors (Lipinski definition) is 4. The Hall–Kier alpha value is -2.87. The highest BCUT2D eigenvalue weighted by atomic mass is 16.4. The van der Waals surface area contributed by atoms with Gasteiger partial charge in [0.1, 0.15) is 6.04 Å². The number of rotatable bonds is 7. The van der Waals surface area contributed by atoms with Crippen LogP contribution in [0.1, 0.15) is 19.4 Å². The van der Waals surface area contributed by atoms with E-state index in [0.717, 1.165) is 16.5 Å². The molecule has 0 aliphatic heterocycles. The standard InChI is InChI=1S/C17H22N4O4/c1-9(18)15(22)21-14(16(23)20-10(2)17(24)25)7-11-8-19-13-6-4-3-5-12(11)13/h3-6,8-10,14,19H,7,18H2,1-2H3,(H,20,23)(H,21,22)(H,24,25)/t9-,10-,14-/m0/s1. The molecule has 2 rings (SSSR count). The normalized spacial score (nSPS) is 14.5. The lowest BCUT2D eigenvalue weighted by atomic mass is 10.0. The number of quaternary nitrogens is 1. The zero-order valence-electron chi connectivity index (χ0n) is 14.2.